The van der Waals surface area contributed by atoms with Gasteiger partial charge in [0.15, 0.2) is 0 Å². The Labute approximate surface area is 143 Å². The second kappa shape index (κ2) is 6.42. The summed E-state index contributed by atoms with van der Waals surface area (Å²) in [5, 5.41) is 0.775. The van der Waals surface area contributed by atoms with Crippen molar-refractivity contribution in [1.82, 2.24) is 9.47 Å². The lowest BCUT2D eigenvalue weighted by molar-refractivity contribution is 0.386. The van der Waals surface area contributed by atoms with Crippen LogP contribution in [0.15, 0.2) is 64.5 Å². The van der Waals surface area contributed by atoms with Gasteiger partial charge in [0, 0.05) is 30.2 Å². The third-order valence-electron chi connectivity index (χ3n) is 4.16. The van der Waals surface area contributed by atoms with Crippen molar-refractivity contribution in [2.75, 3.05) is 20.6 Å². The van der Waals surface area contributed by atoms with Gasteiger partial charge in [0.1, 0.15) is 0 Å². The molecule has 0 unspecified atom stereocenters. The van der Waals surface area contributed by atoms with E-state index in [9.17, 15) is 8.42 Å². The highest BCUT2D eigenvalue weighted by Gasteiger charge is 2.23. The van der Waals surface area contributed by atoms with Crippen LogP contribution in [-0.4, -0.2) is 38.5 Å². The molecule has 0 aliphatic heterocycles. The summed E-state index contributed by atoms with van der Waals surface area (Å²) in [5.74, 6) is 0. The highest BCUT2D eigenvalue weighted by molar-refractivity contribution is 7.91. The van der Waals surface area contributed by atoms with Gasteiger partial charge >= 0.3 is 0 Å². The predicted octanol–water partition coefficient (Wildman–Crippen LogP) is 3.34. The van der Waals surface area contributed by atoms with E-state index in [0.717, 1.165) is 29.6 Å². The minimum atomic E-state index is -3.53. The average Bonchev–Trinajstić information content (AvgIpc) is 2.93. The molecule has 4 nitrogen and oxygen atoms in total. The molecule has 2 aromatic carbocycles. The van der Waals surface area contributed by atoms with Crippen molar-refractivity contribution >= 4 is 20.7 Å². The normalized spacial score (nSPS) is 12.2. The van der Waals surface area contributed by atoms with E-state index in [4.69, 9.17) is 0 Å². The maximum absolute atomic E-state index is 13.1. The van der Waals surface area contributed by atoms with E-state index in [-0.39, 0.29) is 0 Å². The molecular weight excluding hydrogens is 320 g/mol. The molecule has 5 heteroatoms. The molecule has 1 aromatic heterocycles. The number of para-hydroxylation sites is 1. The Bertz CT molecular complexity index is 955. The van der Waals surface area contributed by atoms with E-state index in [1.807, 2.05) is 62.0 Å². The number of benzene rings is 2. The molecule has 0 saturated heterocycles. The van der Waals surface area contributed by atoms with Crippen molar-refractivity contribution < 1.29 is 8.42 Å². The molecule has 0 radical (unpaired) electrons. The number of hydrogen-bond donors (Lipinski definition) is 0. The van der Waals surface area contributed by atoms with Gasteiger partial charge in [-0.05, 0) is 39.2 Å². The van der Waals surface area contributed by atoms with Crippen LogP contribution in [0, 0.1) is 6.92 Å². The second-order valence-electron chi connectivity index (χ2n) is 6.32. The lowest BCUT2D eigenvalue weighted by atomic mass is 10.2. The first kappa shape index (κ1) is 16.7. The Morgan fingerprint density at radius 1 is 1.00 bits per heavy atom. The van der Waals surface area contributed by atoms with Crippen LogP contribution in [0.2, 0.25) is 0 Å². The largest absolute Gasteiger partial charge is 0.345 e. The van der Waals surface area contributed by atoms with Crippen molar-refractivity contribution in [2.45, 2.75) is 23.3 Å². The average molecular weight is 342 g/mol. The molecule has 1 heterocycles. The molecule has 3 aromatic rings. The van der Waals surface area contributed by atoms with E-state index in [2.05, 4.69) is 4.90 Å². The summed E-state index contributed by atoms with van der Waals surface area (Å²) >= 11 is 0. The monoisotopic (exact) mass is 342 g/mol. The van der Waals surface area contributed by atoms with Crippen LogP contribution in [0.4, 0.5) is 0 Å². The topological polar surface area (TPSA) is 42.3 Å². The molecule has 0 fully saturated rings. The van der Waals surface area contributed by atoms with E-state index in [1.165, 1.54) is 0 Å². The lowest BCUT2D eigenvalue weighted by Crippen LogP contribution is -2.17. The van der Waals surface area contributed by atoms with E-state index >= 15 is 0 Å². The first-order chi connectivity index (χ1) is 11.4. The molecular formula is C19H22N2O2S. The molecule has 0 atom stereocenters. The van der Waals surface area contributed by atoms with Crippen LogP contribution in [0.3, 0.4) is 0 Å². The first-order valence-electron chi connectivity index (χ1n) is 7.94. The Morgan fingerprint density at radius 2 is 1.67 bits per heavy atom. The van der Waals surface area contributed by atoms with Crippen molar-refractivity contribution in [1.29, 1.82) is 0 Å². The van der Waals surface area contributed by atoms with Crippen LogP contribution in [0.25, 0.3) is 10.9 Å². The maximum atomic E-state index is 13.1. The van der Waals surface area contributed by atoms with Gasteiger partial charge in [-0.15, -0.1) is 0 Å². The molecule has 3 rings (SSSR count). The Balaban J connectivity index is 2.13. The number of nitrogens with zero attached hydrogens (tertiary/aromatic N) is 2. The van der Waals surface area contributed by atoms with Gasteiger partial charge in [-0.1, -0.05) is 35.9 Å². The van der Waals surface area contributed by atoms with Crippen LogP contribution < -0.4 is 0 Å². The van der Waals surface area contributed by atoms with Gasteiger partial charge in [0.2, 0.25) is 9.84 Å². The van der Waals surface area contributed by atoms with Gasteiger partial charge in [0.05, 0.1) is 9.79 Å². The molecule has 0 spiro atoms. The second-order valence-corrected chi connectivity index (χ2v) is 8.24. The van der Waals surface area contributed by atoms with Gasteiger partial charge in [-0.25, -0.2) is 8.42 Å². The summed E-state index contributed by atoms with van der Waals surface area (Å²) in [6.07, 6.45) is 1.77. The number of hydrogen-bond acceptors (Lipinski definition) is 3. The fourth-order valence-corrected chi connectivity index (χ4v) is 4.24. The van der Waals surface area contributed by atoms with Gasteiger partial charge in [0.25, 0.3) is 0 Å². The Morgan fingerprint density at radius 3 is 2.33 bits per heavy atom. The van der Waals surface area contributed by atoms with Gasteiger partial charge in [-0.2, -0.15) is 0 Å². The Hall–Kier alpha value is -2.11. The standard InChI is InChI=1S/C19H22N2O2S/c1-15-8-10-16(11-9-15)24(22,23)19-14-21(13-12-20(2)3)18-7-5-4-6-17(18)19/h4-11,14H,12-13H2,1-3H3. The third-order valence-corrected chi connectivity index (χ3v) is 5.96. The minimum Gasteiger partial charge on any atom is -0.345 e. The van der Waals surface area contributed by atoms with E-state index in [0.29, 0.717) is 9.79 Å². The number of likely N-dealkylation sites (N-methyl/N-ethyl adjacent to an activating group) is 1. The number of aromatic nitrogens is 1. The van der Waals surface area contributed by atoms with Crippen LogP contribution in [0.1, 0.15) is 5.56 Å². The number of fused-ring (bicyclic) bond motifs is 1. The number of aryl methyl sites for hydroxylation is 1. The van der Waals surface area contributed by atoms with Crippen molar-refractivity contribution in [2.24, 2.45) is 0 Å². The highest BCUT2D eigenvalue weighted by Crippen LogP contribution is 2.30. The molecule has 24 heavy (non-hydrogen) atoms. The summed E-state index contributed by atoms with van der Waals surface area (Å²) in [7, 11) is 0.485. The van der Waals surface area contributed by atoms with Crippen molar-refractivity contribution in [3.63, 3.8) is 0 Å². The van der Waals surface area contributed by atoms with Crippen LogP contribution >= 0.6 is 0 Å². The van der Waals surface area contributed by atoms with E-state index in [1.54, 1.807) is 18.3 Å². The molecule has 0 amide bonds. The van der Waals surface area contributed by atoms with Gasteiger partial charge in [-0.3, -0.25) is 0 Å². The zero-order valence-corrected chi connectivity index (χ0v) is 15.0. The smallest absolute Gasteiger partial charge is 0.208 e. The van der Waals surface area contributed by atoms with Crippen LogP contribution in [0.5, 0.6) is 0 Å². The summed E-state index contributed by atoms with van der Waals surface area (Å²) in [4.78, 5) is 2.80. The minimum absolute atomic E-state index is 0.337. The Kier molecular flexibility index (Phi) is 4.47. The van der Waals surface area contributed by atoms with Crippen LogP contribution in [-0.2, 0) is 16.4 Å². The maximum Gasteiger partial charge on any atom is 0.208 e. The van der Waals surface area contributed by atoms with Crippen molar-refractivity contribution in [3.05, 3.63) is 60.3 Å². The lowest BCUT2D eigenvalue weighted by Gasteiger charge is -2.10. The van der Waals surface area contributed by atoms with Crippen molar-refractivity contribution in [3.8, 4) is 0 Å². The molecule has 126 valence electrons. The number of rotatable bonds is 5. The SMILES string of the molecule is Cc1ccc(S(=O)(=O)c2cn(CCN(C)C)c3ccccc23)cc1. The molecule has 0 saturated carbocycles. The van der Waals surface area contributed by atoms with Gasteiger partial charge < -0.3 is 9.47 Å². The molecule has 0 aliphatic carbocycles. The molecule has 0 aliphatic rings. The summed E-state index contributed by atoms with van der Waals surface area (Å²) in [6.45, 7) is 3.54. The van der Waals surface area contributed by atoms with E-state index < -0.39 is 9.84 Å². The molecule has 0 bridgehead atoms. The fourth-order valence-electron chi connectivity index (χ4n) is 2.76. The third kappa shape index (κ3) is 3.09. The summed E-state index contributed by atoms with van der Waals surface area (Å²) in [6, 6.07) is 14.7. The zero-order chi connectivity index (χ0) is 17.3. The predicted molar refractivity (Wildman–Crippen MR) is 97.1 cm³/mol. The molecule has 0 N–H and O–H groups in total. The number of sulfone groups is 1. The summed E-state index contributed by atoms with van der Waals surface area (Å²) in [5.41, 5.74) is 1.99. The quantitative estimate of drug-likeness (QED) is 0.714. The fraction of sp³-hybridized carbons (Fsp3) is 0.263. The highest BCUT2D eigenvalue weighted by atomic mass is 32.2. The zero-order valence-electron chi connectivity index (χ0n) is 14.2. The first-order valence-corrected chi connectivity index (χ1v) is 9.42. The summed E-state index contributed by atoms with van der Waals surface area (Å²) < 4.78 is 28.2.